The molecule has 3 aromatic rings. The molecule has 1 atom stereocenters. The molecule has 1 amide bonds. The average Bonchev–Trinajstić information content (AvgIpc) is 3.29. The van der Waals surface area contributed by atoms with Crippen molar-refractivity contribution in [3.63, 3.8) is 0 Å². The van der Waals surface area contributed by atoms with Crippen LogP contribution in [0.5, 0.6) is 0 Å². The maximum Gasteiger partial charge on any atom is 0.267 e. The van der Waals surface area contributed by atoms with E-state index in [9.17, 15) is 4.79 Å². The number of hydrogen-bond acceptors (Lipinski definition) is 3. The Bertz CT molecular complexity index is 925. The highest BCUT2D eigenvalue weighted by Gasteiger charge is 2.27. The van der Waals surface area contributed by atoms with Crippen LogP contribution < -0.4 is 5.32 Å². The highest BCUT2D eigenvalue weighted by atomic mass is 16.1. The molecule has 0 spiro atoms. The second kappa shape index (κ2) is 6.96. The van der Waals surface area contributed by atoms with Crippen molar-refractivity contribution in [3.8, 4) is 0 Å². The molecule has 0 aliphatic carbocycles. The van der Waals surface area contributed by atoms with E-state index in [4.69, 9.17) is 0 Å². The smallest absolute Gasteiger partial charge is 0.267 e. The quantitative estimate of drug-likeness (QED) is 0.786. The van der Waals surface area contributed by atoms with Crippen molar-refractivity contribution < 1.29 is 4.79 Å². The number of likely N-dealkylation sites (tertiary alicyclic amines) is 1. The molecule has 0 bridgehead atoms. The summed E-state index contributed by atoms with van der Waals surface area (Å²) in [6, 6.07) is 10.6. The van der Waals surface area contributed by atoms with E-state index >= 15 is 0 Å². The molecule has 0 radical (unpaired) electrons. The van der Waals surface area contributed by atoms with Crippen LogP contribution >= 0.6 is 0 Å². The summed E-state index contributed by atoms with van der Waals surface area (Å²) in [6.07, 6.45) is 7.42. The second-order valence-corrected chi connectivity index (χ2v) is 6.94. The van der Waals surface area contributed by atoms with Crippen LogP contribution in [0.25, 0.3) is 5.65 Å². The monoisotopic (exact) mass is 351 g/mol. The molecular weight excluding hydrogens is 326 g/mol. The summed E-state index contributed by atoms with van der Waals surface area (Å²) in [5, 5.41) is 2.72. The molecule has 1 aliphatic rings. The molecular formula is C20H25N5O. The molecule has 1 saturated heterocycles. The van der Waals surface area contributed by atoms with Crippen LogP contribution in [0.15, 0.2) is 42.7 Å². The first-order valence-electron chi connectivity index (χ1n) is 9.21. The number of rotatable bonds is 4. The zero-order valence-electron chi connectivity index (χ0n) is 15.4. The summed E-state index contributed by atoms with van der Waals surface area (Å²) < 4.78 is 4.20. The Morgan fingerprint density at radius 2 is 2.15 bits per heavy atom. The number of nitrogens with one attached hydrogen (secondary N) is 1. The van der Waals surface area contributed by atoms with Crippen LogP contribution in [-0.2, 0) is 13.6 Å². The third kappa shape index (κ3) is 2.90. The highest BCUT2D eigenvalue weighted by molar-refractivity contribution is 5.92. The summed E-state index contributed by atoms with van der Waals surface area (Å²) in [5.74, 6) is -0.0377. The summed E-state index contributed by atoms with van der Waals surface area (Å²) in [5.41, 5.74) is 4.15. The van der Waals surface area contributed by atoms with Gasteiger partial charge in [-0.2, -0.15) is 0 Å². The molecule has 26 heavy (non-hydrogen) atoms. The minimum atomic E-state index is -0.0377. The molecule has 4 rings (SSSR count). The first kappa shape index (κ1) is 16.8. The van der Waals surface area contributed by atoms with Crippen LogP contribution in [0.2, 0.25) is 0 Å². The predicted octanol–water partition coefficient (Wildman–Crippen LogP) is 2.76. The van der Waals surface area contributed by atoms with Gasteiger partial charge in [-0.05, 0) is 43.7 Å². The van der Waals surface area contributed by atoms with Crippen LogP contribution in [0, 0.1) is 0 Å². The van der Waals surface area contributed by atoms with E-state index in [0.717, 1.165) is 25.2 Å². The van der Waals surface area contributed by atoms with Crippen molar-refractivity contribution >= 4 is 11.6 Å². The summed E-state index contributed by atoms with van der Waals surface area (Å²) in [4.78, 5) is 19.0. The van der Waals surface area contributed by atoms with Crippen molar-refractivity contribution in [1.82, 2.24) is 24.2 Å². The van der Waals surface area contributed by atoms with Crippen LogP contribution in [0.3, 0.4) is 0 Å². The molecule has 1 aliphatic heterocycles. The number of carbonyl (C=O) groups excluding carboxylic acids is 1. The SMILES string of the molecule is CNC(=O)c1ccc([C@@H]2CCCCN2Cc2cccc3nccn23)n1C. The lowest BCUT2D eigenvalue weighted by Gasteiger charge is -2.36. The number of fused-ring (bicyclic) bond motifs is 1. The Morgan fingerprint density at radius 3 is 3.00 bits per heavy atom. The van der Waals surface area contributed by atoms with Gasteiger partial charge in [-0.1, -0.05) is 12.5 Å². The zero-order chi connectivity index (χ0) is 18.1. The van der Waals surface area contributed by atoms with Gasteiger partial charge in [0.05, 0.1) is 6.04 Å². The fraction of sp³-hybridized carbons (Fsp3) is 0.400. The van der Waals surface area contributed by atoms with E-state index in [0.29, 0.717) is 11.7 Å². The maximum atomic E-state index is 12.1. The Labute approximate surface area is 153 Å². The van der Waals surface area contributed by atoms with E-state index in [-0.39, 0.29) is 5.91 Å². The fourth-order valence-electron chi connectivity index (χ4n) is 4.08. The Hall–Kier alpha value is -2.60. The van der Waals surface area contributed by atoms with E-state index in [1.54, 1.807) is 7.05 Å². The van der Waals surface area contributed by atoms with Gasteiger partial charge < -0.3 is 14.3 Å². The lowest BCUT2D eigenvalue weighted by atomic mass is 9.99. The number of carbonyl (C=O) groups is 1. The first-order valence-corrected chi connectivity index (χ1v) is 9.21. The number of nitrogens with zero attached hydrogens (tertiary/aromatic N) is 4. The van der Waals surface area contributed by atoms with Gasteiger partial charge in [-0.3, -0.25) is 9.69 Å². The molecule has 0 unspecified atom stereocenters. The number of amides is 1. The van der Waals surface area contributed by atoms with Crippen LogP contribution in [0.1, 0.15) is 47.2 Å². The average molecular weight is 351 g/mol. The Morgan fingerprint density at radius 1 is 1.27 bits per heavy atom. The van der Waals surface area contributed by atoms with E-state index < -0.39 is 0 Å². The normalized spacial score (nSPS) is 18.3. The number of hydrogen-bond donors (Lipinski definition) is 1. The summed E-state index contributed by atoms with van der Waals surface area (Å²) in [6.45, 7) is 1.94. The van der Waals surface area contributed by atoms with Crippen molar-refractivity contribution in [3.05, 3.63) is 59.8 Å². The molecule has 3 aromatic heterocycles. The number of imidazole rings is 1. The van der Waals surface area contributed by atoms with E-state index in [1.165, 1.54) is 24.2 Å². The molecule has 6 nitrogen and oxygen atoms in total. The van der Waals surface area contributed by atoms with Crippen molar-refractivity contribution in [2.24, 2.45) is 7.05 Å². The van der Waals surface area contributed by atoms with E-state index in [2.05, 4.69) is 37.8 Å². The van der Waals surface area contributed by atoms with Crippen molar-refractivity contribution in [2.75, 3.05) is 13.6 Å². The molecule has 6 heteroatoms. The first-order chi connectivity index (χ1) is 12.7. The Balaban J connectivity index is 1.64. The van der Waals surface area contributed by atoms with Crippen molar-refractivity contribution in [1.29, 1.82) is 0 Å². The van der Waals surface area contributed by atoms with Crippen molar-refractivity contribution in [2.45, 2.75) is 31.8 Å². The van der Waals surface area contributed by atoms with Gasteiger partial charge in [0.25, 0.3) is 5.91 Å². The summed E-state index contributed by atoms with van der Waals surface area (Å²) >= 11 is 0. The molecule has 4 heterocycles. The topological polar surface area (TPSA) is 54.6 Å². The van der Waals surface area contributed by atoms with Crippen LogP contribution in [0.4, 0.5) is 0 Å². The van der Waals surface area contributed by atoms with Crippen LogP contribution in [-0.4, -0.2) is 38.4 Å². The van der Waals surface area contributed by atoms with Gasteiger partial charge in [0.15, 0.2) is 0 Å². The lowest BCUT2D eigenvalue weighted by molar-refractivity contribution is 0.0952. The van der Waals surface area contributed by atoms with Gasteiger partial charge in [-0.25, -0.2) is 4.98 Å². The summed E-state index contributed by atoms with van der Waals surface area (Å²) in [7, 11) is 3.66. The standard InChI is InChI=1S/C20H25N5O/c1-21-20(26)18-10-9-16(23(18)2)17-7-3-4-12-24(17)14-15-6-5-8-19-22-11-13-25(15)19/h5-6,8-11,13,17H,3-4,7,12,14H2,1-2H3,(H,21,26)/t17-/m0/s1. The third-order valence-electron chi connectivity index (χ3n) is 5.45. The number of piperidine rings is 1. The molecule has 0 saturated carbocycles. The fourth-order valence-corrected chi connectivity index (χ4v) is 4.08. The van der Waals surface area contributed by atoms with Gasteiger partial charge in [0, 0.05) is 44.4 Å². The third-order valence-corrected chi connectivity index (χ3v) is 5.45. The van der Waals surface area contributed by atoms with Gasteiger partial charge >= 0.3 is 0 Å². The predicted molar refractivity (Wildman–Crippen MR) is 101 cm³/mol. The van der Waals surface area contributed by atoms with E-state index in [1.807, 2.05) is 36.1 Å². The number of pyridine rings is 1. The molecule has 0 aromatic carbocycles. The minimum absolute atomic E-state index is 0.0377. The van der Waals surface area contributed by atoms with Gasteiger partial charge in [0.1, 0.15) is 11.3 Å². The molecule has 1 fully saturated rings. The van der Waals surface area contributed by atoms with Gasteiger partial charge in [-0.15, -0.1) is 0 Å². The minimum Gasteiger partial charge on any atom is -0.354 e. The zero-order valence-corrected chi connectivity index (χ0v) is 15.4. The second-order valence-electron chi connectivity index (χ2n) is 6.94. The largest absolute Gasteiger partial charge is 0.354 e. The molecule has 136 valence electrons. The highest BCUT2D eigenvalue weighted by Crippen LogP contribution is 2.33. The molecule has 1 N–H and O–H groups in total. The lowest BCUT2D eigenvalue weighted by Crippen LogP contribution is -2.34. The van der Waals surface area contributed by atoms with Gasteiger partial charge in [0.2, 0.25) is 0 Å². The number of aromatic nitrogens is 3. The maximum absolute atomic E-state index is 12.1. The Kier molecular flexibility index (Phi) is 4.51.